The van der Waals surface area contributed by atoms with Crippen LogP contribution in [-0.4, -0.2) is 179 Å². The molecule has 0 aliphatic carbocycles. The third-order valence-electron chi connectivity index (χ3n) is 9.64. The number of nitrogens with two attached hydrogens (primary N) is 3. The molecular formula is C30H36F3N15O12. The predicted octanol–water partition coefficient (Wildman–Crippen LogP) is -5.52. The van der Waals surface area contributed by atoms with E-state index in [0.717, 1.165) is 0 Å². The van der Waals surface area contributed by atoms with Crippen LogP contribution in [0.15, 0.2) is 19.0 Å². The number of aromatic nitrogens is 12. The van der Waals surface area contributed by atoms with Gasteiger partial charge in [-0.1, -0.05) is 0 Å². The monoisotopic (exact) mass is 855 g/mol. The average Bonchev–Trinajstić information content (AvgIpc) is 4.07. The zero-order valence-corrected chi connectivity index (χ0v) is 30.3. The van der Waals surface area contributed by atoms with Gasteiger partial charge in [-0.05, 0) is 0 Å². The molecule has 0 amide bonds. The first-order valence-corrected chi connectivity index (χ1v) is 17.4. The van der Waals surface area contributed by atoms with Crippen LogP contribution >= 0.6 is 0 Å². The second-order valence-electron chi connectivity index (χ2n) is 13.3. The Morgan fingerprint density at radius 1 is 0.450 bits per heavy atom. The van der Waals surface area contributed by atoms with Gasteiger partial charge >= 0.3 is 18.2 Å². The predicted molar refractivity (Wildman–Crippen MR) is 188 cm³/mol. The number of anilines is 3. The summed E-state index contributed by atoms with van der Waals surface area (Å²) in [6, 6.07) is 0. The molecule has 3 saturated heterocycles. The molecule has 0 bridgehead atoms. The van der Waals surface area contributed by atoms with Crippen molar-refractivity contribution >= 4 is 50.9 Å². The summed E-state index contributed by atoms with van der Waals surface area (Å²) in [4.78, 5) is 32.5. The Morgan fingerprint density at radius 2 is 0.700 bits per heavy atom. The fraction of sp³-hybridized carbons (Fsp3) is 0.500. The fourth-order valence-corrected chi connectivity index (χ4v) is 6.62. The van der Waals surface area contributed by atoms with Gasteiger partial charge in [0.25, 0.3) is 0 Å². The van der Waals surface area contributed by atoms with Crippen LogP contribution in [0.3, 0.4) is 0 Å². The van der Waals surface area contributed by atoms with Gasteiger partial charge in [-0.3, -0.25) is 13.7 Å². The van der Waals surface area contributed by atoms with Crippen molar-refractivity contribution in [2.75, 3.05) is 37.0 Å². The molecule has 6 aromatic rings. The van der Waals surface area contributed by atoms with Crippen LogP contribution in [0.5, 0.6) is 0 Å². The first-order chi connectivity index (χ1) is 28.6. The van der Waals surface area contributed by atoms with E-state index in [1.807, 2.05) is 0 Å². The molecule has 3 fully saturated rings. The fourth-order valence-electron chi connectivity index (χ4n) is 6.62. The highest BCUT2D eigenvalue weighted by atomic mass is 19.1. The lowest BCUT2D eigenvalue weighted by molar-refractivity contribution is -0.0511. The first-order valence-electron chi connectivity index (χ1n) is 17.4. The van der Waals surface area contributed by atoms with Gasteiger partial charge in [0.2, 0.25) is 0 Å². The minimum absolute atomic E-state index is 0.0323. The Morgan fingerprint density at radius 3 is 0.917 bits per heavy atom. The quantitative estimate of drug-likeness (QED) is 0.0695. The summed E-state index contributed by atoms with van der Waals surface area (Å²) in [7, 11) is 0. The van der Waals surface area contributed by atoms with E-state index in [4.69, 9.17) is 46.7 Å². The van der Waals surface area contributed by atoms with E-state index in [-0.39, 0.29) is 50.9 Å². The molecule has 0 radical (unpaired) electrons. The lowest BCUT2D eigenvalue weighted by atomic mass is 10.1. The molecule has 3 aliphatic heterocycles. The van der Waals surface area contributed by atoms with Crippen molar-refractivity contribution in [3.05, 3.63) is 37.2 Å². The number of fused-ring (bicyclic) bond motifs is 3. The van der Waals surface area contributed by atoms with E-state index in [2.05, 4.69) is 44.9 Å². The number of imidazole rings is 3. The summed E-state index contributed by atoms with van der Waals surface area (Å²) in [6.07, 6.45) is -13.1. The number of halogens is 3. The van der Waals surface area contributed by atoms with Crippen molar-refractivity contribution in [1.29, 1.82) is 0 Å². The summed E-state index contributed by atoms with van der Waals surface area (Å²) in [5, 5.41) is 86.0. The van der Waals surface area contributed by atoms with Crippen molar-refractivity contribution in [2.24, 2.45) is 0 Å². The van der Waals surface area contributed by atoms with Crippen LogP contribution < -0.4 is 17.2 Å². The molecule has 60 heavy (non-hydrogen) atoms. The SMILES string of the molecule is Nc1nc(F)nc2c1ncn2[C@@H]1O[C@H](CO)[C@@H](O)[C@@H]1O.Nc1nc(F)nc2c1ncn2[C@@H]1O[C@H](CO)[C@@H](O)[C@@H]1O.Nc1nc(F)nc2c1ncn2[C@@H]1O[C@H](CO)[C@@H](O)[C@@H]1O. The van der Waals surface area contributed by atoms with Gasteiger partial charge in [0.1, 0.15) is 54.9 Å². The summed E-state index contributed by atoms with van der Waals surface area (Å²) in [5.41, 5.74) is 17.1. The maximum Gasteiger partial charge on any atom is 0.312 e. The van der Waals surface area contributed by atoms with Gasteiger partial charge in [-0.25, -0.2) is 15.0 Å². The second-order valence-corrected chi connectivity index (χ2v) is 13.3. The van der Waals surface area contributed by atoms with Crippen LogP contribution in [0, 0.1) is 18.2 Å². The molecule has 9 rings (SSSR count). The topological polar surface area (TPSA) is 419 Å². The van der Waals surface area contributed by atoms with Gasteiger partial charge in [0.15, 0.2) is 69.6 Å². The number of hydrogen-bond donors (Lipinski definition) is 12. The number of nitrogens with zero attached hydrogens (tertiary/aromatic N) is 12. The van der Waals surface area contributed by atoms with Crippen LogP contribution in [0.4, 0.5) is 30.6 Å². The molecule has 27 nitrogen and oxygen atoms in total. The van der Waals surface area contributed by atoms with Crippen LogP contribution in [0.25, 0.3) is 33.5 Å². The maximum atomic E-state index is 13.2. The largest absolute Gasteiger partial charge is 0.394 e. The smallest absolute Gasteiger partial charge is 0.312 e. The van der Waals surface area contributed by atoms with E-state index in [9.17, 15) is 43.8 Å². The standard InChI is InChI=1S/3C10H12FN5O4/c3*11-10-14-7(12)4-8(15-10)16(2-13-4)9-6(19)5(18)3(1-17)20-9/h3*2-3,5-6,9,17-19H,1H2,(H2,12,14,15)/t3*3-,5-,6+,9-/m111/s1. The number of hydrogen-bond acceptors (Lipinski definition) is 24. The van der Waals surface area contributed by atoms with E-state index in [1.54, 1.807) is 0 Å². The van der Waals surface area contributed by atoms with Crippen LogP contribution in [0.2, 0.25) is 0 Å². The highest BCUT2D eigenvalue weighted by molar-refractivity contribution is 5.82. The van der Waals surface area contributed by atoms with Gasteiger partial charge < -0.3 is 77.4 Å². The summed E-state index contributed by atoms with van der Waals surface area (Å²) >= 11 is 0. The van der Waals surface area contributed by atoms with E-state index in [1.165, 1.54) is 32.7 Å². The Bertz CT molecular complexity index is 2220. The number of nitrogen functional groups attached to an aromatic ring is 3. The molecule has 0 spiro atoms. The summed E-state index contributed by atoms with van der Waals surface area (Å²) in [5.74, 6) is -0.422. The average molecular weight is 856 g/mol. The zero-order chi connectivity index (χ0) is 43.3. The minimum Gasteiger partial charge on any atom is -0.394 e. The third kappa shape index (κ3) is 7.54. The van der Waals surface area contributed by atoms with Crippen molar-refractivity contribution < 1.29 is 73.3 Å². The number of ether oxygens (including phenoxy) is 3. The molecule has 6 aromatic heterocycles. The summed E-state index contributed by atoms with van der Waals surface area (Å²) < 4.78 is 59.3. The molecule has 3 aliphatic rings. The molecule has 30 heteroatoms. The number of aliphatic hydroxyl groups is 9. The molecule has 324 valence electrons. The van der Waals surface area contributed by atoms with Crippen molar-refractivity contribution in [2.45, 2.75) is 73.6 Å². The van der Waals surface area contributed by atoms with Gasteiger partial charge in [0, 0.05) is 0 Å². The molecule has 12 atom stereocenters. The molecule has 15 N–H and O–H groups in total. The van der Waals surface area contributed by atoms with Crippen LogP contribution in [0.1, 0.15) is 18.7 Å². The highest BCUT2D eigenvalue weighted by Crippen LogP contribution is 2.34. The van der Waals surface area contributed by atoms with E-state index >= 15 is 0 Å². The van der Waals surface area contributed by atoms with Gasteiger partial charge in [0.05, 0.1) is 38.8 Å². The van der Waals surface area contributed by atoms with Crippen molar-refractivity contribution in [1.82, 2.24) is 58.6 Å². The molecule has 0 aromatic carbocycles. The molecule has 0 saturated carbocycles. The van der Waals surface area contributed by atoms with E-state index in [0.29, 0.717) is 0 Å². The molecule has 0 unspecified atom stereocenters. The normalized spacial score (nSPS) is 30.2. The Hall–Kier alpha value is -5.64. The minimum atomic E-state index is -1.32. The zero-order valence-electron chi connectivity index (χ0n) is 30.3. The van der Waals surface area contributed by atoms with Crippen molar-refractivity contribution in [3.63, 3.8) is 0 Å². The molecule has 9 heterocycles. The Balaban J connectivity index is 0.000000136. The van der Waals surface area contributed by atoms with Gasteiger partial charge in [-0.2, -0.15) is 43.1 Å². The maximum absolute atomic E-state index is 13.2. The second kappa shape index (κ2) is 16.8. The third-order valence-corrected chi connectivity index (χ3v) is 9.64. The lowest BCUT2D eigenvalue weighted by Crippen LogP contribution is -2.33. The Kier molecular flexibility index (Phi) is 11.9. The first kappa shape index (κ1) is 42.5. The number of rotatable bonds is 6. The van der Waals surface area contributed by atoms with Crippen molar-refractivity contribution in [3.8, 4) is 0 Å². The van der Waals surface area contributed by atoms with E-state index < -0.39 is 112 Å². The van der Waals surface area contributed by atoms with Gasteiger partial charge in [-0.15, -0.1) is 0 Å². The Labute approximate surface area is 330 Å². The van der Waals surface area contributed by atoms with Crippen LogP contribution in [-0.2, 0) is 14.2 Å². The highest BCUT2D eigenvalue weighted by Gasteiger charge is 2.46. The molecular weight excluding hydrogens is 819 g/mol. The lowest BCUT2D eigenvalue weighted by Gasteiger charge is -2.16. The summed E-state index contributed by atoms with van der Waals surface area (Å²) in [6.45, 7) is -1.40. The number of aliphatic hydroxyl groups excluding tert-OH is 9.